The molecule has 1 aliphatic heterocycles. The molecule has 32 heavy (non-hydrogen) atoms. The second-order valence-electron chi connectivity index (χ2n) is 9.00. The first-order valence-electron chi connectivity index (χ1n) is 11.7. The van der Waals surface area contributed by atoms with Crippen LogP contribution in [-0.4, -0.2) is 68.7 Å². The summed E-state index contributed by atoms with van der Waals surface area (Å²) in [6.07, 6.45) is 12.2. The summed E-state index contributed by atoms with van der Waals surface area (Å²) in [5.74, 6) is -0.469. The quantitative estimate of drug-likeness (QED) is 0.565. The van der Waals surface area contributed by atoms with E-state index < -0.39 is 5.97 Å². The minimum atomic E-state index is -0.879. The summed E-state index contributed by atoms with van der Waals surface area (Å²) in [7, 11) is 0. The molecule has 4 rings (SSSR count). The van der Waals surface area contributed by atoms with E-state index in [9.17, 15) is 14.4 Å². The molecule has 0 spiro atoms. The summed E-state index contributed by atoms with van der Waals surface area (Å²) >= 11 is 2.50. The molecule has 1 aromatic heterocycles. The van der Waals surface area contributed by atoms with Crippen molar-refractivity contribution in [3.63, 3.8) is 0 Å². The van der Waals surface area contributed by atoms with E-state index in [-0.39, 0.29) is 35.7 Å². The maximum absolute atomic E-state index is 13.4. The number of aliphatic carboxylic acids is 1. The van der Waals surface area contributed by atoms with Crippen LogP contribution in [0, 0.1) is 5.92 Å². The number of anilines is 1. The summed E-state index contributed by atoms with van der Waals surface area (Å²) in [6.45, 7) is 1.35. The Morgan fingerprint density at radius 1 is 1.09 bits per heavy atom. The molecular formula is C22H32N4O4S2. The van der Waals surface area contributed by atoms with E-state index in [2.05, 4.69) is 10.3 Å². The smallest absolute Gasteiger partial charge is 0.324 e. The number of carbonyl (C=O) groups excluding carboxylic acids is 2. The van der Waals surface area contributed by atoms with Crippen LogP contribution in [0.15, 0.2) is 10.4 Å². The summed E-state index contributed by atoms with van der Waals surface area (Å²) in [5, 5.41) is 12.3. The van der Waals surface area contributed by atoms with E-state index in [1.165, 1.54) is 29.5 Å². The van der Waals surface area contributed by atoms with Gasteiger partial charge in [-0.05, 0) is 32.1 Å². The van der Waals surface area contributed by atoms with Gasteiger partial charge in [0.2, 0.25) is 5.91 Å². The highest BCUT2D eigenvalue weighted by molar-refractivity contribution is 8.01. The minimum Gasteiger partial charge on any atom is -0.481 e. The highest BCUT2D eigenvalue weighted by Gasteiger charge is 2.39. The first-order valence-corrected chi connectivity index (χ1v) is 13.5. The van der Waals surface area contributed by atoms with Crippen LogP contribution in [0.25, 0.3) is 0 Å². The molecule has 1 unspecified atom stereocenters. The number of thioether (sulfide) groups is 1. The number of thiazole rings is 1. The van der Waals surface area contributed by atoms with Gasteiger partial charge in [0.25, 0.3) is 0 Å². The van der Waals surface area contributed by atoms with Crippen LogP contribution in [0.3, 0.4) is 0 Å². The number of hydrogen-bond donors (Lipinski definition) is 2. The van der Waals surface area contributed by atoms with Gasteiger partial charge in [-0.25, -0.2) is 9.78 Å². The topological polar surface area (TPSA) is 103 Å². The van der Waals surface area contributed by atoms with Gasteiger partial charge in [0.1, 0.15) is 0 Å². The highest BCUT2D eigenvalue weighted by Crippen LogP contribution is 2.33. The molecule has 1 atom stereocenters. The molecule has 1 aromatic rings. The summed E-state index contributed by atoms with van der Waals surface area (Å²) in [6, 6.07) is 0.0709. The molecule has 0 bridgehead atoms. The number of amides is 3. The third-order valence-corrected chi connectivity index (χ3v) is 8.90. The van der Waals surface area contributed by atoms with Crippen LogP contribution in [0.4, 0.5) is 9.93 Å². The lowest BCUT2D eigenvalue weighted by Gasteiger charge is -2.38. The number of hydrogen-bond acceptors (Lipinski definition) is 6. The largest absolute Gasteiger partial charge is 0.481 e. The number of nitrogens with one attached hydrogen (secondary N) is 1. The molecule has 2 saturated carbocycles. The Kier molecular flexibility index (Phi) is 7.93. The SMILES string of the molecule is O=C(O)CSc1cnc(NC(=O)N(C2CCCCC2)C2CCN(C(=O)C3CCCC3)C2)s1. The fourth-order valence-corrected chi connectivity index (χ4v) is 6.84. The van der Waals surface area contributed by atoms with Gasteiger partial charge in [0.15, 0.2) is 5.13 Å². The lowest BCUT2D eigenvalue weighted by Crippen LogP contribution is -2.51. The van der Waals surface area contributed by atoms with Crippen molar-refractivity contribution in [2.24, 2.45) is 5.92 Å². The van der Waals surface area contributed by atoms with Gasteiger partial charge < -0.3 is 14.9 Å². The molecule has 0 radical (unpaired) electrons. The van der Waals surface area contributed by atoms with Crippen molar-refractivity contribution in [1.82, 2.24) is 14.8 Å². The van der Waals surface area contributed by atoms with Crippen molar-refractivity contribution in [3.05, 3.63) is 6.20 Å². The average molecular weight is 481 g/mol. The number of rotatable bonds is 7. The van der Waals surface area contributed by atoms with E-state index in [0.717, 1.165) is 68.5 Å². The van der Waals surface area contributed by atoms with Crippen molar-refractivity contribution < 1.29 is 19.5 Å². The van der Waals surface area contributed by atoms with Gasteiger partial charge in [0.05, 0.1) is 22.2 Å². The Morgan fingerprint density at radius 3 is 2.53 bits per heavy atom. The fraction of sp³-hybridized carbons (Fsp3) is 0.727. The van der Waals surface area contributed by atoms with Crippen molar-refractivity contribution in [2.45, 2.75) is 80.5 Å². The second-order valence-corrected chi connectivity index (χ2v) is 11.3. The van der Waals surface area contributed by atoms with E-state index in [1.807, 2.05) is 9.80 Å². The Labute approximate surface area is 197 Å². The Hall–Kier alpha value is -1.81. The van der Waals surface area contributed by atoms with Crippen LogP contribution in [0.1, 0.15) is 64.2 Å². The summed E-state index contributed by atoms with van der Waals surface area (Å²) in [5.41, 5.74) is 0. The number of carboxylic acid groups (broad SMARTS) is 1. The minimum absolute atomic E-state index is 0.0310. The Morgan fingerprint density at radius 2 is 1.81 bits per heavy atom. The van der Waals surface area contributed by atoms with E-state index in [1.54, 1.807) is 6.20 Å². The maximum atomic E-state index is 13.4. The third kappa shape index (κ3) is 5.75. The Bertz CT molecular complexity index is 821. The molecule has 8 nitrogen and oxygen atoms in total. The number of likely N-dealkylation sites (tertiary alicyclic amines) is 1. The number of urea groups is 1. The van der Waals surface area contributed by atoms with E-state index in [0.29, 0.717) is 11.7 Å². The predicted octanol–water partition coefficient (Wildman–Crippen LogP) is 4.28. The van der Waals surface area contributed by atoms with E-state index >= 15 is 0 Å². The number of nitrogens with zero attached hydrogens (tertiary/aromatic N) is 3. The summed E-state index contributed by atoms with van der Waals surface area (Å²) in [4.78, 5) is 45.3. The molecule has 3 aliphatic rings. The summed E-state index contributed by atoms with van der Waals surface area (Å²) < 4.78 is 0.765. The van der Waals surface area contributed by atoms with Gasteiger partial charge in [-0.2, -0.15) is 0 Å². The average Bonchev–Trinajstić information content (AvgIpc) is 3.55. The molecule has 3 amide bonds. The third-order valence-electron chi connectivity index (χ3n) is 6.81. The van der Waals surface area contributed by atoms with Crippen LogP contribution < -0.4 is 5.32 Å². The lowest BCUT2D eigenvalue weighted by molar-refractivity contribution is -0.135. The highest BCUT2D eigenvalue weighted by atomic mass is 32.2. The zero-order chi connectivity index (χ0) is 22.5. The standard InChI is InChI=1S/C22H32N4O4S2/c27-18(28)14-31-19-12-23-21(32-19)24-22(30)26(16-8-2-1-3-9-16)17-10-11-25(13-17)20(29)15-6-4-5-7-15/h12,15-17H,1-11,13-14H2,(H,27,28)(H,23,24,30). The van der Waals surface area contributed by atoms with Gasteiger partial charge in [-0.1, -0.05) is 43.4 Å². The molecule has 2 aliphatic carbocycles. The van der Waals surface area contributed by atoms with Crippen LogP contribution in [0.5, 0.6) is 0 Å². The first-order chi connectivity index (χ1) is 15.5. The van der Waals surface area contributed by atoms with Crippen molar-refractivity contribution >= 4 is 46.1 Å². The Balaban J connectivity index is 1.42. The van der Waals surface area contributed by atoms with Gasteiger partial charge in [-0.3, -0.25) is 14.9 Å². The first kappa shape index (κ1) is 23.4. The van der Waals surface area contributed by atoms with Crippen molar-refractivity contribution in [2.75, 3.05) is 24.2 Å². The molecule has 3 fully saturated rings. The second kappa shape index (κ2) is 10.9. The number of aromatic nitrogens is 1. The van der Waals surface area contributed by atoms with Crippen molar-refractivity contribution in [3.8, 4) is 0 Å². The van der Waals surface area contributed by atoms with E-state index in [4.69, 9.17) is 5.11 Å². The predicted molar refractivity (Wildman–Crippen MR) is 125 cm³/mol. The van der Waals surface area contributed by atoms with Crippen molar-refractivity contribution in [1.29, 1.82) is 0 Å². The molecule has 2 N–H and O–H groups in total. The van der Waals surface area contributed by atoms with Gasteiger partial charge in [-0.15, -0.1) is 11.8 Å². The molecular weight excluding hydrogens is 448 g/mol. The monoisotopic (exact) mass is 480 g/mol. The van der Waals surface area contributed by atoms with Crippen LogP contribution >= 0.6 is 23.1 Å². The lowest BCUT2D eigenvalue weighted by atomic mass is 9.93. The zero-order valence-corrected chi connectivity index (χ0v) is 20.0. The van der Waals surface area contributed by atoms with Gasteiger partial charge in [0, 0.05) is 25.0 Å². The molecule has 0 aromatic carbocycles. The fourth-order valence-electron chi connectivity index (χ4n) is 5.26. The van der Waals surface area contributed by atoms with Crippen LogP contribution in [0.2, 0.25) is 0 Å². The van der Waals surface area contributed by atoms with Crippen LogP contribution in [-0.2, 0) is 9.59 Å². The van der Waals surface area contributed by atoms with Gasteiger partial charge >= 0.3 is 12.0 Å². The normalized spacial score (nSPS) is 22.2. The zero-order valence-electron chi connectivity index (χ0n) is 18.3. The molecule has 176 valence electrons. The molecule has 2 heterocycles. The molecule has 1 saturated heterocycles. The maximum Gasteiger partial charge on any atom is 0.324 e. The number of carboxylic acids is 1. The molecule has 10 heteroatoms. The number of carbonyl (C=O) groups is 3.